The first-order valence-corrected chi connectivity index (χ1v) is 7.40. The maximum atomic E-state index is 12.0. The number of hydrogen-bond acceptors (Lipinski definition) is 2. The average Bonchev–Trinajstić information content (AvgIpc) is 3.28. The number of benzene rings is 1. The number of urea groups is 1. The third kappa shape index (κ3) is 2.86. The normalized spacial score (nSPS) is 18.9. The Balaban J connectivity index is 1.62. The molecule has 1 aromatic carbocycles. The molecule has 2 aliphatic carbocycles. The van der Waals surface area contributed by atoms with E-state index in [0.717, 1.165) is 5.92 Å². The van der Waals surface area contributed by atoms with Gasteiger partial charge in [-0.2, -0.15) is 0 Å². The van der Waals surface area contributed by atoms with Crippen LogP contribution in [0.25, 0.3) is 0 Å². The van der Waals surface area contributed by atoms with Crippen molar-refractivity contribution in [2.75, 3.05) is 11.9 Å². The number of amides is 2. The van der Waals surface area contributed by atoms with E-state index >= 15 is 0 Å². The molecule has 2 aliphatic rings. The number of hydrogen-bond donors (Lipinski definition) is 3. The van der Waals surface area contributed by atoms with Crippen LogP contribution in [0.2, 0.25) is 0 Å². The summed E-state index contributed by atoms with van der Waals surface area (Å²) in [5.74, 6) is -0.244. The lowest BCUT2D eigenvalue weighted by Crippen LogP contribution is -2.35. The van der Waals surface area contributed by atoms with E-state index < -0.39 is 5.97 Å². The van der Waals surface area contributed by atoms with Crippen LogP contribution in [0.1, 0.15) is 41.6 Å². The number of carbonyl (C=O) groups is 2. The molecule has 3 N–H and O–H groups in total. The Labute approximate surface area is 123 Å². The highest BCUT2D eigenvalue weighted by atomic mass is 16.4. The predicted molar refractivity (Wildman–Crippen MR) is 79.6 cm³/mol. The van der Waals surface area contributed by atoms with Crippen LogP contribution in [-0.2, 0) is 0 Å². The van der Waals surface area contributed by atoms with Gasteiger partial charge >= 0.3 is 12.0 Å². The van der Waals surface area contributed by atoms with Gasteiger partial charge in [0, 0.05) is 6.54 Å². The molecular weight excluding hydrogens is 268 g/mol. The molecule has 1 aromatic rings. The number of carboxylic acid groups (broad SMARTS) is 1. The van der Waals surface area contributed by atoms with Crippen LogP contribution in [0.4, 0.5) is 10.5 Å². The molecule has 0 atom stereocenters. The van der Waals surface area contributed by atoms with Crippen molar-refractivity contribution in [3.63, 3.8) is 0 Å². The second kappa shape index (κ2) is 5.06. The van der Waals surface area contributed by atoms with Gasteiger partial charge in [0.15, 0.2) is 0 Å². The van der Waals surface area contributed by atoms with Crippen LogP contribution in [0.15, 0.2) is 18.2 Å². The lowest BCUT2D eigenvalue weighted by Gasteiger charge is -2.16. The summed E-state index contributed by atoms with van der Waals surface area (Å²) in [5, 5.41) is 14.8. The van der Waals surface area contributed by atoms with Crippen molar-refractivity contribution in [1.82, 2.24) is 5.32 Å². The van der Waals surface area contributed by atoms with E-state index in [2.05, 4.69) is 10.6 Å². The number of nitrogens with one attached hydrogen (secondary N) is 2. The first-order chi connectivity index (χ1) is 10.0. The Bertz CT molecular complexity index is 589. The molecular formula is C16H20N2O3. The molecule has 2 fully saturated rings. The van der Waals surface area contributed by atoms with E-state index in [0.29, 0.717) is 23.2 Å². The highest BCUT2D eigenvalue weighted by molar-refractivity contribution is 6.01. The summed E-state index contributed by atoms with van der Waals surface area (Å²) in [5.41, 5.74) is 1.46. The topological polar surface area (TPSA) is 78.4 Å². The fourth-order valence-electron chi connectivity index (χ4n) is 3.06. The molecule has 0 radical (unpaired) electrons. The van der Waals surface area contributed by atoms with Gasteiger partial charge in [-0.05, 0) is 55.6 Å². The summed E-state index contributed by atoms with van der Waals surface area (Å²) in [7, 11) is 0. The van der Waals surface area contributed by atoms with Gasteiger partial charge in [0.1, 0.15) is 0 Å². The number of carboxylic acids is 1. The van der Waals surface area contributed by atoms with Crippen LogP contribution >= 0.6 is 0 Å². The second-order valence-electron chi connectivity index (χ2n) is 6.25. The Morgan fingerprint density at radius 1 is 1.33 bits per heavy atom. The summed E-state index contributed by atoms with van der Waals surface area (Å²) in [6.07, 6.45) is 4.96. The van der Waals surface area contributed by atoms with Gasteiger partial charge in [0.2, 0.25) is 0 Å². The van der Waals surface area contributed by atoms with E-state index in [-0.39, 0.29) is 11.6 Å². The molecule has 112 valence electrons. The molecule has 0 aliphatic heterocycles. The van der Waals surface area contributed by atoms with Crippen molar-refractivity contribution in [3.8, 4) is 0 Å². The minimum Gasteiger partial charge on any atom is -0.478 e. The Hall–Kier alpha value is -2.04. The molecule has 5 heteroatoms. The quantitative estimate of drug-likeness (QED) is 0.779. The van der Waals surface area contributed by atoms with Crippen molar-refractivity contribution in [1.29, 1.82) is 0 Å². The third-order valence-corrected chi connectivity index (χ3v) is 4.67. The highest BCUT2D eigenvalue weighted by Gasteiger charge is 2.53. The minimum atomic E-state index is -1.03. The maximum absolute atomic E-state index is 12.0. The zero-order chi connectivity index (χ0) is 15.0. The Morgan fingerprint density at radius 3 is 2.62 bits per heavy atom. The lowest BCUT2D eigenvalue weighted by atomic mass is 10.0. The Kier molecular flexibility index (Phi) is 3.35. The van der Waals surface area contributed by atoms with Gasteiger partial charge in [-0.1, -0.05) is 12.1 Å². The van der Waals surface area contributed by atoms with Crippen LogP contribution < -0.4 is 10.6 Å². The van der Waals surface area contributed by atoms with Crippen molar-refractivity contribution in [2.45, 2.75) is 32.6 Å². The second-order valence-corrected chi connectivity index (χ2v) is 6.25. The van der Waals surface area contributed by atoms with Crippen molar-refractivity contribution in [2.24, 2.45) is 11.3 Å². The van der Waals surface area contributed by atoms with Gasteiger partial charge in [0.25, 0.3) is 0 Å². The summed E-state index contributed by atoms with van der Waals surface area (Å²) in [6, 6.07) is 4.75. The van der Waals surface area contributed by atoms with Gasteiger partial charge in [-0.15, -0.1) is 0 Å². The number of aryl methyl sites for hydroxylation is 1. The molecule has 0 heterocycles. The van der Waals surface area contributed by atoms with E-state index in [1.807, 2.05) is 0 Å². The largest absolute Gasteiger partial charge is 0.478 e. The van der Waals surface area contributed by atoms with E-state index in [9.17, 15) is 14.7 Å². The molecule has 0 spiro atoms. The fraction of sp³-hybridized carbons (Fsp3) is 0.500. The van der Waals surface area contributed by atoms with E-state index in [4.69, 9.17) is 0 Å². The molecule has 21 heavy (non-hydrogen) atoms. The third-order valence-electron chi connectivity index (χ3n) is 4.67. The fourth-order valence-corrected chi connectivity index (χ4v) is 3.06. The van der Waals surface area contributed by atoms with Gasteiger partial charge in [-0.25, -0.2) is 9.59 Å². The Morgan fingerprint density at radius 2 is 2.05 bits per heavy atom. The smallest absolute Gasteiger partial charge is 0.338 e. The summed E-state index contributed by atoms with van der Waals surface area (Å²) in [6.45, 7) is 2.41. The lowest BCUT2D eigenvalue weighted by molar-refractivity contribution is 0.0697. The first-order valence-electron chi connectivity index (χ1n) is 7.40. The van der Waals surface area contributed by atoms with E-state index in [1.54, 1.807) is 25.1 Å². The van der Waals surface area contributed by atoms with Crippen LogP contribution in [0, 0.1) is 18.3 Å². The molecule has 2 amide bonds. The molecule has 0 saturated heterocycles. The summed E-state index contributed by atoms with van der Waals surface area (Å²) < 4.78 is 0. The standard InChI is InChI=1S/C16H20N2O3/c1-10-3-2-4-12(13(10)14(19)20)18-15(21)17-9-16(7-8-16)11-5-6-11/h2-4,11H,5-9H2,1H3,(H,19,20)(H2,17,18,21). The van der Waals surface area contributed by atoms with Crippen LogP contribution in [0.3, 0.4) is 0 Å². The first kappa shape index (κ1) is 13.9. The number of rotatable bonds is 5. The zero-order valence-electron chi connectivity index (χ0n) is 12.1. The van der Waals surface area contributed by atoms with Gasteiger partial charge in [0.05, 0.1) is 11.3 Å². The monoisotopic (exact) mass is 288 g/mol. The zero-order valence-corrected chi connectivity index (χ0v) is 12.1. The molecule has 5 nitrogen and oxygen atoms in total. The van der Waals surface area contributed by atoms with Crippen LogP contribution in [0.5, 0.6) is 0 Å². The molecule has 0 bridgehead atoms. The molecule has 3 rings (SSSR count). The number of aromatic carboxylic acids is 1. The summed E-state index contributed by atoms with van der Waals surface area (Å²) in [4.78, 5) is 23.3. The van der Waals surface area contributed by atoms with Gasteiger partial charge in [-0.3, -0.25) is 0 Å². The SMILES string of the molecule is Cc1cccc(NC(=O)NCC2(C3CC3)CC2)c1C(=O)O. The van der Waals surface area contributed by atoms with Crippen molar-refractivity contribution < 1.29 is 14.7 Å². The van der Waals surface area contributed by atoms with Crippen molar-refractivity contribution in [3.05, 3.63) is 29.3 Å². The molecule has 2 saturated carbocycles. The summed E-state index contributed by atoms with van der Waals surface area (Å²) >= 11 is 0. The van der Waals surface area contributed by atoms with E-state index in [1.165, 1.54) is 25.7 Å². The average molecular weight is 288 g/mol. The maximum Gasteiger partial charge on any atom is 0.338 e. The number of anilines is 1. The highest BCUT2D eigenvalue weighted by Crippen LogP contribution is 2.60. The minimum absolute atomic E-state index is 0.149. The van der Waals surface area contributed by atoms with Gasteiger partial charge < -0.3 is 15.7 Å². The molecule has 0 aromatic heterocycles. The van der Waals surface area contributed by atoms with Crippen molar-refractivity contribution >= 4 is 17.7 Å². The predicted octanol–water partition coefficient (Wildman–Crippen LogP) is 3.00. The molecule has 0 unspecified atom stereocenters. The number of carbonyl (C=O) groups excluding carboxylic acids is 1. The van der Waals surface area contributed by atoms with Crippen LogP contribution in [-0.4, -0.2) is 23.7 Å².